The van der Waals surface area contributed by atoms with E-state index in [9.17, 15) is 4.79 Å². The quantitative estimate of drug-likeness (QED) is 0.553. The van der Waals surface area contributed by atoms with E-state index in [2.05, 4.69) is 6.92 Å². The van der Waals surface area contributed by atoms with Gasteiger partial charge in [-0.2, -0.15) is 0 Å². The second kappa shape index (κ2) is 6.35. The van der Waals surface area contributed by atoms with Crippen molar-refractivity contribution in [3.63, 3.8) is 0 Å². The average molecular weight is 158 g/mol. The maximum absolute atomic E-state index is 10.8. The van der Waals surface area contributed by atoms with Gasteiger partial charge < -0.3 is 4.74 Å². The molecule has 0 aromatic heterocycles. The first-order valence-corrected chi connectivity index (χ1v) is 4.26. The van der Waals surface area contributed by atoms with Gasteiger partial charge >= 0.3 is 0 Å². The highest BCUT2D eigenvalue weighted by molar-refractivity contribution is 5.77. The van der Waals surface area contributed by atoms with Gasteiger partial charge in [0.15, 0.2) is 0 Å². The lowest BCUT2D eigenvalue weighted by molar-refractivity contribution is -0.120. The van der Waals surface area contributed by atoms with Gasteiger partial charge in [0, 0.05) is 19.1 Å². The highest BCUT2D eigenvalue weighted by atomic mass is 16.5. The lowest BCUT2D eigenvalue weighted by Gasteiger charge is -2.06. The van der Waals surface area contributed by atoms with Crippen LogP contribution < -0.4 is 0 Å². The van der Waals surface area contributed by atoms with E-state index in [0.717, 1.165) is 19.4 Å². The molecule has 2 nitrogen and oxygen atoms in total. The number of hydrogen-bond acceptors (Lipinski definition) is 2. The Morgan fingerprint density at radius 1 is 1.45 bits per heavy atom. The average Bonchev–Trinajstić information content (AvgIpc) is 1.97. The number of carbonyl (C=O) groups is 1. The third kappa shape index (κ3) is 6.05. The monoisotopic (exact) mass is 158 g/mol. The van der Waals surface area contributed by atoms with Crippen LogP contribution in [0.2, 0.25) is 0 Å². The molecule has 0 saturated carbocycles. The standard InChI is InChI=1S/C9H18O2/c1-4-6-11-7-5-8(2)9(3)10/h8H,4-7H2,1-3H3. The summed E-state index contributed by atoms with van der Waals surface area (Å²) in [5, 5.41) is 0. The Labute approximate surface area is 68.9 Å². The Balaban J connectivity index is 3.17. The number of hydrogen-bond donors (Lipinski definition) is 0. The van der Waals surface area contributed by atoms with Crippen LogP contribution in [-0.2, 0) is 9.53 Å². The van der Waals surface area contributed by atoms with Crippen LogP contribution in [0.25, 0.3) is 0 Å². The molecule has 1 atom stereocenters. The van der Waals surface area contributed by atoms with Gasteiger partial charge in [0.05, 0.1) is 0 Å². The molecule has 0 bridgehead atoms. The van der Waals surface area contributed by atoms with Crippen molar-refractivity contribution in [2.75, 3.05) is 13.2 Å². The van der Waals surface area contributed by atoms with Crippen molar-refractivity contribution in [3.8, 4) is 0 Å². The van der Waals surface area contributed by atoms with Gasteiger partial charge in [-0.25, -0.2) is 0 Å². The Bertz CT molecular complexity index is 110. The molecular weight excluding hydrogens is 140 g/mol. The van der Waals surface area contributed by atoms with E-state index in [4.69, 9.17) is 4.74 Å². The van der Waals surface area contributed by atoms with Gasteiger partial charge in [0.1, 0.15) is 5.78 Å². The van der Waals surface area contributed by atoms with Crippen molar-refractivity contribution in [3.05, 3.63) is 0 Å². The molecule has 1 unspecified atom stereocenters. The SMILES string of the molecule is CCCOCCC(C)C(C)=O. The Hall–Kier alpha value is -0.370. The maximum atomic E-state index is 10.8. The smallest absolute Gasteiger partial charge is 0.132 e. The number of carbonyl (C=O) groups excluding carboxylic acids is 1. The minimum Gasteiger partial charge on any atom is -0.381 e. The van der Waals surface area contributed by atoms with E-state index in [1.54, 1.807) is 6.92 Å². The first-order chi connectivity index (χ1) is 5.18. The van der Waals surface area contributed by atoms with Crippen LogP contribution in [0.5, 0.6) is 0 Å². The molecule has 0 radical (unpaired) electrons. The lowest BCUT2D eigenvalue weighted by Crippen LogP contribution is -2.09. The fraction of sp³-hybridized carbons (Fsp3) is 0.889. The van der Waals surface area contributed by atoms with Crippen LogP contribution in [0.4, 0.5) is 0 Å². The van der Waals surface area contributed by atoms with Crippen LogP contribution in [0.1, 0.15) is 33.6 Å². The summed E-state index contributed by atoms with van der Waals surface area (Å²) in [6.07, 6.45) is 1.91. The van der Waals surface area contributed by atoms with Gasteiger partial charge in [-0.3, -0.25) is 4.79 Å². The van der Waals surface area contributed by atoms with Crippen molar-refractivity contribution >= 4 is 5.78 Å². The van der Waals surface area contributed by atoms with E-state index < -0.39 is 0 Å². The zero-order valence-corrected chi connectivity index (χ0v) is 7.72. The summed E-state index contributed by atoms with van der Waals surface area (Å²) in [4.78, 5) is 10.8. The van der Waals surface area contributed by atoms with Crippen molar-refractivity contribution in [1.29, 1.82) is 0 Å². The minimum absolute atomic E-state index is 0.159. The first-order valence-electron chi connectivity index (χ1n) is 4.26. The predicted molar refractivity (Wildman–Crippen MR) is 45.6 cm³/mol. The van der Waals surface area contributed by atoms with Crippen LogP contribution in [0.3, 0.4) is 0 Å². The summed E-state index contributed by atoms with van der Waals surface area (Å²) >= 11 is 0. The molecule has 0 aliphatic carbocycles. The highest BCUT2D eigenvalue weighted by Gasteiger charge is 2.05. The van der Waals surface area contributed by atoms with Crippen molar-refractivity contribution in [2.24, 2.45) is 5.92 Å². The molecule has 0 fully saturated rings. The van der Waals surface area contributed by atoms with Crippen LogP contribution >= 0.6 is 0 Å². The van der Waals surface area contributed by atoms with Crippen molar-refractivity contribution in [1.82, 2.24) is 0 Å². The summed E-state index contributed by atoms with van der Waals surface area (Å²) in [7, 11) is 0. The van der Waals surface area contributed by atoms with Gasteiger partial charge in [-0.05, 0) is 19.8 Å². The number of ether oxygens (including phenoxy) is 1. The van der Waals surface area contributed by atoms with E-state index in [1.165, 1.54) is 0 Å². The van der Waals surface area contributed by atoms with E-state index >= 15 is 0 Å². The largest absolute Gasteiger partial charge is 0.381 e. The fourth-order valence-corrected chi connectivity index (χ4v) is 0.710. The third-order valence-corrected chi connectivity index (χ3v) is 1.74. The molecule has 2 heteroatoms. The molecule has 0 N–H and O–H groups in total. The second-order valence-corrected chi connectivity index (χ2v) is 2.91. The summed E-state index contributed by atoms with van der Waals surface area (Å²) in [5.74, 6) is 0.414. The first kappa shape index (κ1) is 10.6. The van der Waals surface area contributed by atoms with Gasteiger partial charge in [-0.1, -0.05) is 13.8 Å². The molecular formula is C9H18O2. The zero-order valence-electron chi connectivity index (χ0n) is 7.72. The summed E-state index contributed by atoms with van der Waals surface area (Å²) in [6.45, 7) is 7.18. The van der Waals surface area contributed by atoms with Gasteiger partial charge in [-0.15, -0.1) is 0 Å². The third-order valence-electron chi connectivity index (χ3n) is 1.74. The summed E-state index contributed by atoms with van der Waals surface area (Å²) in [5.41, 5.74) is 0. The Morgan fingerprint density at radius 3 is 2.55 bits per heavy atom. The number of Topliss-reactive ketones (excluding diaryl/α,β-unsaturated/α-hetero) is 1. The van der Waals surface area contributed by atoms with Crippen molar-refractivity contribution in [2.45, 2.75) is 33.6 Å². The molecule has 0 amide bonds. The molecule has 11 heavy (non-hydrogen) atoms. The predicted octanol–water partition coefficient (Wildman–Crippen LogP) is 2.03. The number of rotatable bonds is 6. The minimum atomic E-state index is 0.159. The van der Waals surface area contributed by atoms with Gasteiger partial charge in [0.2, 0.25) is 0 Å². The second-order valence-electron chi connectivity index (χ2n) is 2.91. The maximum Gasteiger partial charge on any atom is 0.132 e. The Kier molecular flexibility index (Phi) is 6.13. The van der Waals surface area contributed by atoms with Crippen LogP contribution in [-0.4, -0.2) is 19.0 Å². The molecule has 0 aliphatic rings. The van der Waals surface area contributed by atoms with Crippen molar-refractivity contribution < 1.29 is 9.53 Å². The molecule has 0 aromatic carbocycles. The van der Waals surface area contributed by atoms with Gasteiger partial charge in [0.25, 0.3) is 0 Å². The highest BCUT2D eigenvalue weighted by Crippen LogP contribution is 2.02. The van der Waals surface area contributed by atoms with Crippen LogP contribution in [0, 0.1) is 5.92 Å². The summed E-state index contributed by atoms with van der Waals surface area (Å²) < 4.78 is 5.25. The fourth-order valence-electron chi connectivity index (χ4n) is 0.710. The Morgan fingerprint density at radius 2 is 2.09 bits per heavy atom. The number of ketones is 1. The summed E-state index contributed by atoms with van der Waals surface area (Å²) in [6, 6.07) is 0. The van der Waals surface area contributed by atoms with Crippen LogP contribution in [0.15, 0.2) is 0 Å². The molecule has 0 heterocycles. The topological polar surface area (TPSA) is 26.3 Å². The molecule has 0 aliphatic heterocycles. The van der Waals surface area contributed by atoms with E-state index in [0.29, 0.717) is 6.61 Å². The lowest BCUT2D eigenvalue weighted by atomic mass is 10.1. The molecule has 0 saturated heterocycles. The zero-order chi connectivity index (χ0) is 8.69. The normalized spacial score (nSPS) is 13.0. The molecule has 0 rings (SSSR count). The molecule has 0 aromatic rings. The molecule has 66 valence electrons. The van der Waals surface area contributed by atoms with E-state index in [-0.39, 0.29) is 11.7 Å². The van der Waals surface area contributed by atoms with E-state index in [1.807, 2.05) is 6.92 Å². The molecule has 0 spiro atoms.